The lowest BCUT2D eigenvalue weighted by atomic mass is 9.86. The van der Waals surface area contributed by atoms with Gasteiger partial charge in [0.25, 0.3) is 0 Å². The summed E-state index contributed by atoms with van der Waals surface area (Å²) < 4.78 is 5.82. The fraction of sp³-hybridized carbons (Fsp3) is 0.625. The van der Waals surface area contributed by atoms with Gasteiger partial charge in [-0.25, -0.2) is 0 Å². The molecule has 0 radical (unpaired) electrons. The number of rotatable bonds is 6. The summed E-state index contributed by atoms with van der Waals surface area (Å²) in [7, 11) is 1.98. The Kier molecular flexibility index (Phi) is 5.67. The first-order valence-corrected chi connectivity index (χ1v) is 6.83. The molecule has 0 bridgehead atoms. The quantitative estimate of drug-likeness (QED) is 0.777. The third-order valence-electron chi connectivity index (χ3n) is 3.12. The average molecular weight is 249 g/mol. The summed E-state index contributed by atoms with van der Waals surface area (Å²) >= 11 is 0. The van der Waals surface area contributed by atoms with Gasteiger partial charge >= 0.3 is 0 Å². The number of hydrogen-bond acceptors (Lipinski definition) is 2. The number of ether oxygens (including phenoxy) is 1. The predicted molar refractivity (Wildman–Crippen MR) is 78.5 cm³/mol. The SMILES string of the molecule is CNCCCCOc1ccc(C(C)(C)C)cc1C. The van der Waals surface area contributed by atoms with Crippen LogP contribution in [0.5, 0.6) is 5.75 Å². The van der Waals surface area contributed by atoms with Crippen LogP contribution in [0.3, 0.4) is 0 Å². The fourth-order valence-corrected chi connectivity index (χ4v) is 1.86. The molecule has 0 aliphatic rings. The van der Waals surface area contributed by atoms with Crippen molar-refractivity contribution >= 4 is 0 Å². The first-order valence-electron chi connectivity index (χ1n) is 6.83. The fourth-order valence-electron chi connectivity index (χ4n) is 1.86. The molecule has 1 aromatic carbocycles. The molecule has 2 heteroatoms. The number of benzene rings is 1. The minimum Gasteiger partial charge on any atom is -0.493 e. The second-order valence-corrected chi connectivity index (χ2v) is 5.89. The zero-order valence-corrected chi connectivity index (χ0v) is 12.5. The molecule has 0 spiro atoms. The molecule has 102 valence electrons. The van der Waals surface area contributed by atoms with E-state index in [0.29, 0.717) is 0 Å². The van der Waals surface area contributed by atoms with E-state index in [2.05, 4.69) is 51.2 Å². The van der Waals surface area contributed by atoms with Gasteiger partial charge in [-0.2, -0.15) is 0 Å². The van der Waals surface area contributed by atoms with E-state index in [1.165, 1.54) is 11.1 Å². The molecule has 0 amide bonds. The van der Waals surface area contributed by atoms with E-state index in [9.17, 15) is 0 Å². The van der Waals surface area contributed by atoms with Gasteiger partial charge in [-0.1, -0.05) is 32.9 Å². The number of hydrogen-bond donors (Lipinski definition) is 1. The lowest BCUT2D eigenvalue weighted by Crippen LogP contribution is -2.12. The molecule has 0 aliphatic heterocycles. The van der Waals surface area contributed by atoms with E-state index >= 15 is 0 Å². The van der Waals surface area contributed by atoms with E-state index in [-0.39, 0.29) is 5.41 Å². The van der Waals surface area contributed by atoms with Gasteiger partial charge in [-0.05, 0) is 56.0 Å². The van der Waals surface area contributed by atoms with E-state index in [4.69, 9.17) is 4.74 Å². The summed E-state index contributed by atoms with van der Waals surface area (Å²) in [6, 6.07) is 6.52. The van der Waals surface area contributed by atoms with Crippen LogP contribution in [0.1, 0.15) is 44.7 Å². The smallest absolute Gasteiger partial charge is 0.122 e. The van der Waals surface area contributed by atoms with E-state index in [0.717, 1.165) is 31.7 Å². The molecule has 0 heterocycles. The number of aryl methyl sites for hydroxylation is 1. The molecule has 0 aliphatic carbocycles. The summed E-state index contributed by atoms with van der Waals surface area (Å²) in [4.78, 5) is 0. The molecule has 1 N–H and O–H groups in total. The van der Waals surface area contributed by atoms with E-state index in [1.807, 2.05) is 7.05 Å². The van der Waals surface area contributed by atoms with Crippen molar-refractivity contribution in [3.05, 3.63) is 29.3 Å². The molecule has 0 saturated carbocycles. The monoisotopic (exact) mass is 249 g/mol. The molecule has 18 heavy (non-hydrogen) atoms. The summed E-state index contributed by atoms with van der Waals surface area (Å²) in [5.74, 6) is 1.02. The van der Waals surface area contributed by atoms with Crippen molar-refractivity contribution in [1.82, 2.24) is 5.32 Å². The second kappa shape index (κ2) is 6.79. The van der Waals surface area contributed by atoms with Gasteiger partial charge in [0.15, 0.2) is 0 Å². The highest BCUT2D eigenvalue weighted by atomic mass is 16.5. The Bertz CT molecular complexity index is 366. The highest BCUT2D eigenvalue weighted by Gasteiger charge is 2.14. The first kappa shape index (κ1) is 15.0. The van der Waals surface area contributed by atoms with Crippen LogP contribution in [0.4, 0.5) is 0 Å². The normalized spacial score (nSPS) is 11.6. The van der Waals surface area contributed by atoms with Crippen molar-refractivity contribution in [3.63, 3.8) is 0 Å². The second-order valence-electron chi connectivity index (χ2n) is 5.89. The largest absolute Gasteiger partial charge is 0.493 e. The third kappa shape index (κ3) is 4.69. The van der Waals surface area contributed by atoms with Crippen LogP contribution in [0.15, 0.2) is 18.2 Å². The minimum atomic E-state index is 0.204. The standard InChI is InChI=1S/C16H27NO/c1-13-12-14(16(2,3)4)8-9-15(13)18-11-7-6-10-17-5/h8-9,12,17H,6-7,10-11H2,1-5H3. The number of nitrogens with one attached hydrogen (secondary N) is 1. The summed E-state index contributed by atoms with van der Waals surface area (Å²) in [6.07, 6.45) is 2.26. The van der Waals surface area contributed by atoms with Crippen LogP contribution in [0, 0.1) is 6.92 Å². The Morgan fingerprint density at radius 2 is 1.89 bits per heavy atom. The number of unbranched alkanes of at least 4 members (excludes halogenated alkanes) is 1. The average Bonchev–Trinajstić information content (AvgIpc) is 2.29. The van der Waals surface area contributed by atoms with E-state index < -0.39 is 0 Å². The van der Waals surface area contributed by atoms with Crippen molar-refractivity contribution in [2.75, 3.05) is 20.2 Å². The Morgan fingerprint density at radius 3 is 2.44 bits per heavy atom. The maximum absolute atomic E-state index is 5.82. The highest BCUT2D eigenvalue weighted by molar-refractivity contribution is 5.38. The van der Waals surface area contributed by atoms with Gasteiger partial charge in [0.1, 0.15) is 5.75 Å². The predicted octanol–water partition coefficient (Wildman–Crippen LogP) is 3.67. The first-order chi connectivity index (χ1) is 8.45. The van der Waals surface area contributed by atoms with Gasteiger partial charge in [0.05, 0.1) is 6.61 Å². The molecular formula is C16H27NO. The van der Waals surface area contributed by atoms with Crippen molar-refractivity contribution in [2.24, 2.45) is 0 Å². The molecular weight excluding hydrogens is 222 g/mol. The van der Waals surface area contributed by atoms with Gasteiger partial charge in [0, 0.05) is 0 Å². The van der Waals surface area contributed by atoms with Crippen molar-refractivity contribution < 1.29 is 4.74 Å². The summed E-state index contributed by atoms with van der Waals surface area (Å²) in [6.45, 7) is 10.7. The maximum atomic E-state index is 5.82. The molecule has 0 saturated heterocycles. The lowest BCUT2D eigenvalue weighted by Gasteiger charge is -2.20. The zero-order valence-electron chi connectivity index (χ0n) is 12.5. The van der Waals surface area contributed by atoms with Crippen molar-refractivity contribution in [2.45, 2.75) is 46.0 Å². The van der Waals surface area contributed by atoms with Crippen LogP contribution in [-0.4, -0.2) is 20.2 Å². The minimum absolute atomic E-state index is 0.204. The van der Waals surface area contributed by atoms with Gasteiger partial charge in [0.2, 0.25) is 0 Å². The third-order valence-corrected chi connectivity index (χ3v) is 3.12. The molecule has 1 aromatic rings. The zero-order chi connectivity index (χ0) is 13.6. The van der Waals surface area contributed by atoms with Crippen LogP contribution in [0.25, 0.3) is 0 Å². The molecule has 0 aromatic heterocycles. The Morgan fingerprint density at radius 1 is 1.17 bits per heavy atom. The summed E-state index contributed by atoms with van der Waals surface area (Å²) in [5.41, 5.74) is 2.80. The van der Waals surface area contributed by atoms with E-state index in [1.54, 1.807) is 0 Å². The van der Waals surface area contributed by atoms with Crippen LogP contribution in [0.2, 0.25) is 0 Å². The molecule has 0 atom stereocenters. The lowest BCUT2D eigenvalue weighted by molar-refractivity contribution is 0.304. The Hall–Kier alpha value is -1.02. The summed E-state index contributed by atoms with van der Waals surface area (Å²) in [5, 5.41) is 3.15. The molecule has 2 nitrogen and oxygen atoms in total. The Balaban J connectivity index is 2.53. The van der Waals surface area contributed by atoms with Crippen LogP contribution >= 0.6 is 0 Å². The van der Waals surface area contributed by atoms with Gasteiger partial charge < -0.3 is 10.1 Å². The van der Waals surface area contributed by atoms with Gasteiger partial charge in [-0.3, -0.25) is 0 Å². The Labute approximate surface area is 112 Å². The van der Waals surface area contributed by atoms with Crippen molar-refractivity contribution in [1.29, 1.82) is 0 Å². The topological polar surface area (TPSA) is 21.3 Å². The molecule has 1 rings (SSSR count). The van der Waals surface area contributed by atoms with Crippen LogP contribution < -0.4 is 10.1 Å². The van der Waals surface area contributed by atoms with Crippen LogP contribution in [-0.2, 0) is 5.41 Å². The van der Waals surface area contributed by atoms with Crippen molar-refractivity contribution in [3.8, 4) is 5.75 Å². The molecule has 0 fully saturated rings. The maximum Gasteiger partial charge on any atom is 0.122 e. The molecule has 0 unspecified atom stereocenters. The van der Waals surface area contributed by atoms with Gasteiger partial charge in [-0.15, -0.1) is 0 Å². The highest BCUT2D eigenvalue weighted by Crippen LogP contribution is 2.27.